The Balaban J connectivity index is 1.47. The third-order valence-corrected chi connectivity index (χ3v) is 11.2. The molecular formula is C35H38N4O8. The summed E-state index contributed by atoms with van der Waals surface area (Å²) < 4.78 is 24.4. The van der Waals surface area contributed by atoms with Crippen molar-refractivity contribution in [2.75, 3.05) is 6.61 Å². The zero-order valence-corrected chi connectivity index (χ0v) is 27.0. The van der Waals surface area contributed by atoms with E-state index >= 15 is 0 Å². The van der Waals surface area contributed by atoms with Crippen LogP contribution >= 0.6 is 0 Å². The number of esters is 2. The molecule has 3 aromatic rings. The van der Waals surface area contributed by atoms with E-state index in [0.717, 1.165) is 6.42 Å². The van der Waals surface area contributed by atoms with Gasteiger partial charge < -0.3 is 23.7 Å². The molecule has 0 bridgehead atoms. The molecule has 2 aliphatic carbocycles. The predicted molar refractivity (Wildman–Crippen MR) is 169 cm³/mol. The summed E-state index contributed by atoms with van der Waals surface area (Å²) in [7, 11) is 0. The van der Waals surface area contributed by atoms with Gasteiger partial charge in [-0.3, -0.25) is 9.78 Å². The molecule has 12 nitrogen and oxygen atoms in total. The van der Waals surface area contributed by atoms with E-state index in [4.69, 9.17) is 24.2 Å². The number of ether oxygens (including phenoxy) is 3. The fraction of sp³-hybridized carbons (Fsp3) is 0.486. The minimum atomic E-state index is -1.31. The number of carbonyl (C=O) groups excluding carboxylic acids is 2. The molecule has 3 heterocycles. The van der Waals surface area contributed by atoms with Gasteiger partial charge in [-0.25, -0.2) is 9.59 Å². The Hall–Kier alpha value is -4.67. The van der Waals surface area contributed by atoms with Crippen molar-refractivity contribution in [2.45, 2.75) is 71.7 Å². The van der Waals surface area contributed by atoms with Crippen LogP contribution in [0.4, 0.5) is 5.69 Å². The van der Waals surface area contributed by atoms with E-state index < -0.39 is 52.1 Å². The summed E-state index contributed by atoms with van der Waals surface area (Å²) in [5.74, 6) is -1.41. The lowest BCUT2D eigenvalue weighted by Gasteiger charge is -2.66. The van der Waals surface area contributed by atoms with Gasteiger partial charge in [0, 0.05) is 52.9 Å². The van der Waals surface area contributed by atoms with E-state index in [9.17, 15) is 19.5 Å². The van der Waals surface area contributed by atoms with Crippen molar-refractivity contribution in [3.05, 3.63) is 86.8 Å². The molecule has 3 aliphatic rings. The Labute approximate surface area is 271 Å². The molecule has 1 N–H and O–H groups in total. The fourth-order valence-corrected chi connectivity index (χ4v) is 8.61. The van der Waals surface area contributed by atoms with Gasteiger partial charge in [-0.1, -0.05) is 38.0 Å². The molecular weight excluding hydrogens is 604 g/mol. The highest BCUT2D eigenvalue weighted by Crippen LogP contribution is 2.68. The number of carbonyl (C=O) groups is 2. The Kier molecular flexibility index (Phi) is 8.14. The SMILES string of the molecule is CC(=O)OCC1(C)C2C[C@H](OC(=O)c3ccc(N=[N+]=[N-])cc3)[C@@]3(C)Oc4cc(-c5cccnc5)oc(=O)c4C(O)C3[C@@]2(C)CC[C@@H]1C. The maximum absolute atomic E-state index is 13.7. The molecule has 2 fully saturated rings. The molecule has 0 radical (unpaired) electrons. The Morgan fingerprint density at radius 2 is 1.94 bits per heavy atom. The van der Waals surface area contributed by atoms with Crippen LogP contribution < -0.4 is 10.4 Å². The summed E-state index contributed by atoms with van der Waals surface area (Å²) >= 11 is 0. The minimum Gasteiger partial charge on any atom is -0.482 e. The van der Waals surface area contributed by atoms with Gasteiger partial charge in [0.2, 0.25) is 0 Å². The molecule has 8 atom stereocenters. The number of fused-ring (bicyclic) bond motifs is 4. The Morgan fingerprint density at radius 1 is 1.19 bits per heavy atom. The number of hydrogen-bond acceptors (Lipinski definition) is 10. The number of rotatable bonds is 6. The summed E-state index contributed by atoms with van der Waals surface area (Å²) in [5, 5.41) is 15.8. The summed E-state index contributed by atoms with van der Waals surface area (Å²) in [6.07, 6.45) is 2.81. The van der Waals surface area contributed by atoms with Crippen LogP contribution in [0.25, 0.3) is 21.8 Å². The first-order valence-corrected chi connectivity index (χ1v) is 15.8. The van der Waals surface area contributed by atoms with Crippen molar-refractivity contribution in [3.8, 4) is 17.1 Å². The number of aromatic nitrogens is 1. The van der Waals surface area contributed by atoms with E-state index in [-0.39, 0.29) is 41.1 Å². The van der Waals surface area contributed by atoms with E-state index in [0.29, 0.717) is 24.1 Å². The predicted octanol–water partition coefficient (Wildman–Crippen LogP) is 6.70. The van der Waals surface area contributed by atoms with Gasteiger partial charge in [0.15, 0.2) is 0 Å². The normalized spacial score (nSPS) is 32.3. The molecule has 6 rings (SSSR count). The zero-order valence-electron chi connectivity index (χ0n) is 27.0. The van der Waals surface area contributed by atoms with Crippen molar-refractivity contribution in [1.82, 2.24) is 4.98 Å². The molecule has 2 saturated carbocycles. The van der Waals surface area contributed by atoms with Gasteiger partial charge >= 0.3 is 17.6 Å². The molecule has 246 valence electrons. The second-order valence-corrected chi connectivity index (χ2v) is 13.8. The highest BCUT2D eigenvalue weighted by atomic mass is 16.6. The lowest BCUT2D eigenvalue weighted by atomic mass is 9.41. The van der Waals surface area contributed by atoms with Gasteiger partial charge in [0.05, 0.1) is 18.3 Å². The number of hydrogen-bond donors (Lipinski definition) is 1. The minimum absolute atomic E-state index is 0.0148. The van der Waals surface area contributed by atoms with Gasteiger partial charge in [-0.15, -0.1) is 0 Å². The number of benzene rings is 1. The fourth-order valence-electron chi connectivity index (χ4n) is 8.61. The van der Waals surface area contributed by atoms with Crippen molar-refractivity contribution >= 4 is 17.6 Å². The van der Waals surface area contributed by atoms with Crippen LogP contribution in [0, 0.1) is 28.6 Å². The van der Waals surface area contributed by atoms with E-state index in [1.807, 2.05) is 6.92 Å². The van der Waals surface area contributed by atoms with Gasteiger partial charge in [0.25, 0.3) is 0 Å². The first-order chi connectivity index (χ1) is 22.3. The average Bonchev–Trinajstić information content (AvgIpc) is 3.03. The monoisotopic (exact) mass is 642 g/mol. The summed E-state index contributed by atoms with van der Waals surface area (Å²) in [5.41, 5.74) is 6.76. The standard InChI is InChI=1S/C35H38N4O8/c1-19-12-13-33(3)26(34(19,4)18-44-20(2)40)16-27(46-31(42)21-8-10-23(11-9-21)38-39-36)35(5)30(33)29(41)28-25(47-35)15-24(45-32(28)43)22-7-6-14-37-17-22/h6-11,14-15,17,19,26-27,29-30,41H,12-13,16,18H2,1-5H3/t19-,26?,27-,29?,30?,33-,34?,35+/m0/s1. The topological polar surface area (TPSA) is 174 Å². The summed E-state index contributed by atoms with van der Waals surface area (Å²) in [4.78, 5) is 46.2. The molecule has 2 aromatic heterocycles. The van der Waals surface area contributed by atoms with Crippen LogP contribution in [0.5, 0.6) is 5.75 Å². The zero-order chi connectivity index (χ0) is 33.7. The van der Waals surface area contributed by atoms with E-state index in [1.54, 1.807) is 30.6 Å². The van der Waals surface area contributed by atoms with Gasteiger partial charge in [-0.05, 0) is 73.2 Å². The quantitative estimate of drug-likeness (QED) is 0.133. The second-order valence-electron chi connectivity index (χ2n) is 13.8. The van der Waals surface area contributed by atoms with Crippen molar-refractivity contribution in [2.24, 2.45) is 33.7 Å². The van der Waals surface area contributed by atoms with E-state index in [2.05, 4.69) is 35.8 Å². The van der Waals surface area contributed by atoms with Crippen LogP contribution in [0.15, 0.2) is 69.2 Å². The van der Waals surface area contributed by atoms with Crippen molar-refractivity contribution in [3.63, 3.8) is 0 Å². The third-order valence-electron chi connectivity index (χ3n) is 11.2. The lowest BCUT2D eigenvalue weighted by molar-refractivity contribution is -0.257. The smallest absolute Gasteiger partial charge is 0.345 e. The van der Waals surface area contributed by atoms with Crippen LogP contribution in [0.3, 0.4) is 0 Å². The second kappa shape index (κ2) is 11.8. The summed E-state index contributed by atoms with van der Waals surface area (Å²) in [6, 6.07) is 11.1. The van der Waals surface area contributed by atoms with Crippen molar-refractivity contribution < 1.29 is 33.3 Å². The largest absolute Gasteiger partial charge is 0.482 e. The Morgan fingerprint density at radius 3 is 2.60 bits per heavy atom. The molecule has 1 aliphatic heterocycles. The first-order valence-electron chi connectivity index (χ1n) is 15.8. The lowest BCUT2D eigenvalue weighted by Crippen LogP contribution is -2.70. The third kappa shape index (κ3) is 5.35. The number of nitrogens with zero attached hydrogens (tertiary/aromatic N) is 4. The maximum atomic E-state index is 13.7. The molecule has 0 amide bonds. The van der Waals surface area contributed by atoms with Crippen molar-refractivity contribution in [1.29, 1.82) is 0 Å². The molecule has 0 spiro atoms. The summed E-state index contributed by atoms with van der Waals surface area (Å²) in [6.45, 7) is 9.65. The van der Waals surface area contributed by atoms with Gasteiger partial charge in [-0.2, -0.15) is 0 Å². The maximum Gasteiger partial charge on any atom is 0.345 e. The number of aliphatic hydroxyl groups is 1. The average molecular weight is 643 g/mol. The molecule has 1 aromatic carbocycles. The molecule has 4 unspecified atom stereocenters. The highest BCUT2D eigenvalue weighted by molar-refractivity contribution is 5.90. The Bertz CT molecular complexity index is 1810. The number of aliphatic hydroxyl groups excluding tert-OH is 1. The van der Waals surface area contributed by atoms with Crippen LogP contribution in [-0.4, -0.2) is 40.3 Å². The number of pyridine rings is 1. The molecule has 12 heteroatoms. The molecule has 0 saturated heterocycles. The van der Waals surface area contributed by atoms with Crippen LogP contribution in [0.1, 0.15) is 75.9 Å². The highest BCUT2D eigenvalue weighted by Gasteiger charge is 2.70. The van der Waals surface area contributed by atoms with Crippen LogP contribution in [0.2, 0.25) is 0 Å². The molecule has 47 heavy (non-hydrogen) atoms. The van der Waals surface area contributed by atoms with E-state index in [1.165, 1.54) is 31.2 Å². The first kappa shape index (κ1) is 32.3. The van der Waals surface area contributed by atoms with Crippen LogP contribution in [-0.2, 0) is 14.3 Å². The number of azide groups is 1. The van der Waals surface area contributed by atoms with Gasteiger partial charge in [0.1, 0.15) is 28.8 Å².